The second-order valence-corrected chi connectivity index (χ2v) is 3.08. The van der Waals surface area contributed by atoms with Crippen LogP contribution in [-0.2, 0) is 0 Å². The van der Waals surface area contributed by atoms with Gasteiger partial charge in [-0.25, -0.2) is 4.98 Å². The lowest BCUT2D eigenvalue weighted by Gasteiger charge is -1.96. The first-order valence-corrected chi connectivity index (χ1v) is 4.15. The number of pyridine rings is 1. The zero-order valence-corrected chi connectivity index (χ0v) is 7.65. The Bertz CT molecular complexity index is 372. The van der Waals surface area contributed by atoms with Gasteiger partial charge in [-0.3, -0.25) is 4.98 Å². The molecule has 0 fully saturated rings. The summed E-state index contributed by atoms with van der Waals surface area (Å²) in [5.74, 6) is 0.740. The van der Waals surface area contributed by atoms with E-state index in [1.807, 2.05) is 6.07 Å². The van der Waals surface area contributed by atoms with Gasteiger partial charge in [0.2, 0.25) is 0 Å². The molecule has 4 heteroatoms. The minimum absolute atomic E-state index is 0.740. The van der Waals surface area contributed by atoms with Gasteiger partial charge in [-0.1, -0.05) is 0 Å². The van der Waals surface area contributed by atoms with E-state index < -0.39 is 0 Å². The summed E-state index contributed by atoms with van der Waals surface area (Å²) in [6.45, 7) is 0. The molecule has 0 N–H and O–H groups in total. The predicted molar refractivity (Wildman–Crippen MR) is 47.4 cm³/mol. The van der Waals surface area contributed by atoms with E-state index in [4.69, 9.17) is 4.42 Å². The van der Waals surface area contributed by atoms with Crippen LogP contribution in [0.5, 0.6) is 0 Å². The van der Waals surface area contributed by atoms with Gasteiger partial charge in [0.15, 0.2) is 12.2 Å². The molecule has 2 heterocycles. The van der Waals surface area contributed by atoms with E-state index in [9.17, 15) is 0 Å². The van der Waals surface area contributed by atoms with Crippen molar-refractivity contribution in [2.75, 3.05) is 0 Å². The highest BCUT2D eigenvalue weighted by Gasteiger charge is 2.04. The molecular weight excluding hydrogens is 220 g/mol. The van der Waals surface area contributed by atoms with Crippen molar-refractivity contribution in [3.05, 3.63) is 35.5 Å². The molecule has 2 aromatic heterocycles. The molecule has 0 aliphatic heterocycles. The second kappa shape index (κ2) is 3.06. The van der Waals surface area contributed by atoms with Gasteiger partial charge in [-0.15, -0.1) is 0 Å². The van der Waals surface area contributed by atoms with E-state index in [-0.39, 0.29) is 0 Å². The molecular formula is C8H5BrN2O. The van der Waals surface area contributed by atoms with Crippen LogP contribution in [0.2, 0.25) is 0 Å². The highest BCUT2D eigenvalue weighted by atomic mass is 79.9. The minimum Gasteiger partial charge on any atom is -0.443 e. The summed E-state index contributed by atoms with van der Waals surface area (Å²) >= 11 is 3.37. The number of rotatable bonds is 1. The average molecular weight is 225 g/mol. The summed E-state index contributed by atoms with van der Waals surface area (Å²) in [4.78, 5) is 7.78. The SMILES string of the molecule is Brc1cnccc1-c1cnco1. The lowest BCUT2D eigenvalue weighted by molar-refractivity contribution is 0.571. The Balaban J connectivity index is 2.55. The van der Waals surface area contributed by atoms with Crippen LogP contribution in [0.3, 0.4) is 0 Å². The van der Waals surface area contributed by atoms with Crippen molar-refractivity contribution in [3.8, 4) is 11.3 Å². The third-order valence-electron chi connectivity index (χ3n) is 1.47. The summed E-state index contributed by atoms with van der Waals surface area (Å²) in [6, 6.07) is 1.87. The molecule has 0 aliphatic rings. The number of hydrogen-bond acceptors (Lipinski definition) is 3. The van der Waals surface area contributed by atoms with Crippen molar-refractivity contribution in [1.29, 1.82) is 0 Å². The minimum atomic E-state index is 0.740. The van der Waals surface area contributed by atoms with Gasteiger partial charge in [0, 0.05) is 22.4 Å². The molecule has 0 saturated heterocycles. The molecule has 0 saturated carbocycles. The number of halogens is 1. The van der Waals surface area contributed by atoms with E-state index in [1.165, 1.54) is 6.39 Å². The van der Waals surface area contributed by atoms with Crippen LogP contribution < -0.4 is 0 Å². The molecule has 0 spiro atoms. The molecule has 0 amide bonds. The summed E-state index contributed by atoms with van der Waals surface area (Å²) < 4.78 is 6.04. The summed E-state index contributed by atoms with van der Waals surface area (Å²) in [6.07, 6.45) is 6.50. The molecule has 60 valence electrons. The van der Waals surface area contributed by atoms with Crippen LogP contribution in [-0.4, -0.2) is 9.97 Å². The molecule has 0 radical (unpaired) electrons. The van der Waals surface area contributed by atoms with Crippen molar-refractivity contribution in [3.63, 3.8) is 0 Å². The first kappa shape index (κ1) is 7.49. The number of aromatic nitrogens is 2. The first-order chi connectivity index (χ1) is 5.88. The lowest BCUT2D eigenvalue weighted by Crippen LogP contribution is -1.77. The highest BCUT2D eigenvalue weighted by Crippen LogP contribution is 2.26. The maximum absolute atomic E-state index is 5.13. The van der Waals surface area contributed by atoms with Crippen molar-refractivity contribution >= 4 is 15.9 Å². The van der Waals surface area contributed by atoms with Crippen molar-refractivity contribution < 1.29 is 4.42 Å². The Morgan fingerprint density at radius 1 is 1.25 bits per heavy atom. The maximum Gasteiger partial charge on any atom is 0.181 e. The highest BCUT2D eigenvalue weighted by molar-refractivity contribution is 9.10. The smallest absolute Gasteiger partial charge is 0.181 e. The number of nitrogens with zero attached hydrogens (tertiary/aromatic N) is 2. The van der Waals surface area contributed by atoms with Crippen LogP contribution in [0, 0.1) is 0 Å². The third kappa shape index (κ3) is 1.25. The number of hydrogen-bond donors (Lipinski definition) is 0. The molecule has 0 aromatic carbocycles. The second-order valence-electron chi connectivity index (χ2n) is 2.22. The molecule has 12 heavy (non-hydrogen) atoms. The topological polar surface area (TPSA) is 38.9 Å². The van der Waals surface area contributed by atoms with E-state index in [0.29, 0.717) is 0 Å². The number of oxazole rings is 1. The van der Waals surface area contributed by atoms with Crippen molar-refractivity contribution in [2.45, 2.75) is 0 Å². The van der Waals surface area contributed by atoms with Gasteiger partial charge in [-0.2, -0.15) is 0 Å². The quantitative estimate of drug-likeness (QED) is 0.748. The van der Waals surface area contributed by atoms with Gasteiger partial charge in [0.25, 0.3) is 0 Å². The van der Waals surface area contributed by atoms with Gasteiger partial charge < -0.3 is 4.42 Å². The Morgan fingerprint density at radius 3 is 2.83 bits per heavy atom. The van der Waals surface area contributed by atoms with Crippen LogP contribution in [0.1, 0.15) is 0 Å². The Labute approximate surface area is 77.6 Å². The van der Waals surface area contributed by atoms with Gasteiger partial charge in [0.1, 0.15) is 0 Å². The maximum atomic E-state index is 5.13. The Hall–Kier alpha value is -1.16. The van der Waals surface area contributed by atoms with Crippen LogP contribution in [0.4, 0.5) is 0 Å². The van der Waals surface area contributed by atoms with Crippen molar-refractivity contribution in [2.24, 2.45) is 0 Å². The summed E-state index contributed by atoms with van der Waals surface area (Å²) in [5, 5.41) is 0. The van der Waals surface area contributed by atoms with E-state index in [1.54, 1.807) is 18.6 Å². The normalized spacial score (nSPS) is 10.1. The fourth-order valence-corrected chi connectivity index (χ4v) is 1.37. The third-order valence-corrected chi connectivity index (χ3v) is 2.10. The van der Waals surface area contributed by atoms with Crippen LogP contribution >= 0.6 is 15.9 Å². The van der Waals surface area contributed by atoms with E-state index >= 15 is 0 Å². The average Bonchev–Trinajstić information content (AvgIpc) is 2.57. The van der Waals surface area contributed by atoms with Gasteiger partial charge in [-0.05, 0) is 22.0 Å². The fourth-order valence-electron chi connectivity index (χ4n) is 0.924. The Kier molecular flexibility index (Phi) is 1.91. The largest absolute Gasteiger partial charge is 0.443 e. The first-order valence-electron chi connectivity index (χ1n) is 3.36. The van der Waals surface area contributed by atoms with Crippen LogP contribution in [0.15, 0.2) is 39.9 Å². The molecule has 0 bridgehead atoms. The fraction of sp³-hybridized carbons (Fsp3) is 0. The molecule has 0 unspecified atom stereocenters. The standard InChI is InChI=1S/C8H5BrN2O/c9-7-3-10-2-1-6(7)8-4-11-5-12-8/h1-5H. The van der Waals surface area contributed by atoms with Gasteiger partial charge in [0.05, 0.1) is 6.20 Å². The van der Waals surface area contributed by atoms with Gasteiger partial charge >= 0.3 is 0 Å². The van der Waals surface area contributed by atoms with Crippen LogP contribution in [0.25, 0.3) is 11.3 Å². The Morgan fingerprint density at radius 2 is 2.17 bits per heavy atom. The molecule has 0 aliphatic carbocycles. The summed E-state index contributed by atoms with van der Waals surface area (Å²) in [7, 11) is 0. The predicted octanol–water partition coefficient (Wildman–Crippen LogP) is 2.50. The monoisotopic (exact) mass is 224 g/mol. The molecule has 2 rings (SSSR count). The zero-order valence-electron chi connectivity index (χ0n) is 6.07. The summed E-state index contributed by atoms with van der Waals surface area (Å²) in [5.41, 5.74) is 0.961. The zero-order chi connectivity index (χ0) is 8.39. The molecule has 3 nitrogen and oxygen atoms in total. The van der Waals surface area contributed by atoms with E-state index in [0.717, 1.165) is 15.8 Å². The lowest BCUT2D eigenvalue weighted by atomic mass is 10.2. The van der Waals surface area contributed by atoms with E-state index in [2.05, 4.69) is 25.9 Å². The van der Waals surface area contributed by atoms with Crippen molar-refractivity contribution in [1.82, 2.24) is 9.97 Å². The molecule has 0 atom stereocenters. The molecule has 2 aromatic rings.